The molecule has 0 bridgehead atoms. The van der Waals surface area contributed by atoms with Gasteiger partial charge in [-0.25, -0.2) is 0 Å². The molecule has 154 valence electrons. The number of carboxylic acids is 1. The van der Waals surface area contributed by atoms with Crippen LogP contribution in [-0.2, 0) is 13.1 Å². The highest BCUT2D eigenvalue weighted by Gasteiger charge is 2.13. The fourth-order valence-electron chi connectivity index (χ4n) is 3.04. The summed E-state index contributed by atoms with van der Waals surface area (Å²) >= 11 is 11.8. The number of hydrogen-bond acceptors (Lipinski definition) is 3. The lowest BCUT2D eigenvalue weighted by molar-refractivity contribution is -0.255. The first-order chi connectivity index (χ1) is 14.3. The smallest absolute Gasteiger partial charge is 0.174 e. The lowest BCUT2D eigenvalue weighted by Crippen LogP contribution is -2.34. The number of benzene rings is 3. The van der Waals surface area contributed by atoms with E-state index in [0.29, 0.717) is 23.2 Å². The molecule has 0 spiro atoms. The van der Waals surface area contributed by atoms with Crippen molar-refractivity contribution in [3.05, 3.63) is 99.6 Å². The molecule has 0 heterocycles. The first-order valence-corrected chi connectivity index (χ1v) is 10.3. The van der Waals surface area contributed by atoms with E-state index in [1.807, 2.05) is 43.0 Å². The standard InChI is InChI=1S/C24H23ClN2O2S/c1-16-3-4-17(2)22(13-16)26-24(30)27(15-19-7-11-21(25)12-8-19)14-18-5-9-20(10-6-18)23(28)29/h3-13H,14-15H2,1-2H3,(H,26,30)(H,28,29)/p-1. The zero-order chi connectivity index (χ0) is 21.7. The number of aromatic carboxylic acids is 1. The maximum Gasteiger partial charge on any atom is 0.174 e. The van der Waals surface area contributed by atoms with E-state index in [9.17, 15) is 9.90 Å². The monoisotopic (exact) mass is 437 g/mol. The highest BCUT2D eigenvalue weighted by atomic mass is 35.5. The van der Waals surface area contributed by atoms with Crippen LogP contribution < -0.4 is 10.4 Å². The molecule has 0 amide bonds. The highest BCUT2D eigenvalue weighted by molar-refractivity contribution is 7.80. The van der Waals surface area contributed by atoms with Gasteiger partial charge in [0, 0.05) is 23.8 Å². The Kier molecular flexibility index (Phi) is 7.08. The van der Waals surface area contributed by atoms with Gasteiger partial charge in [0.1, 0.15) is 0 Å². The molecule has 3 aromatic rings. The van der Waals surface area contributed by atoms with Crippen LogP contribution in [0, 0.1) is 13.8 Å². The van der Waals surface area contributed by atoms with Crippen LogP contribution in [0.5, 0.6) is 0 Å². The Balaban J connectivity index is 1.83. The molecule has 0 aliphatic carbocycles. The van der Waals surface area contributed by atoms with Crippen molar-refractivity contribution in [1.29, 1.82) is 0 Å². The lowest BCUT2D eigenvalue weighted by Gasteiger charge is -2.27. The van der Waals surface area contributed by atoms with Crippen LogP contribution in [0.4, 0.5) is 5.69 Å². The van der Waals surface area contributed by atoms with Crippen LogP contribution in [0.15, 0.2) is 66.7 Å². The Bertz CT molecular complexity index is 1050. The largest absolute Gasteiger partial charge is 0.545 e. The second-order valence-corrected chi connectivity index (χ2v) is 8.04. The number of thiocarbonyl (C=S) groups is 1. The van der Waals surface area contributed by atoms with Gasteiger partial charge in [0.05, 0.1) is 5.97 Å². The minimum atomic E-state index is -1.19. The summed E-state index contributed by atoms with van der Waals surface area (Å²) in [6.07, 6.45) is 0. The van der Waals surface area contributed by atoms with Crippen LogP contribution >= 0.6 is 23.8 Å². The molecule has 1 N–H and O–H groups in total. The van der Waals surface area contributed by atoms with Gasteiger partial charge in [-0.1, -0.05) is 60.1 Å². The molecule has 3 rings (SSSR count). The van der Waals surface area contributed by atoms with Crippen molar-refractivity contribution < 1.29 is 9.90 Å². The summed E-state index contributed by atoms with van der Waals surface area (Å²) in [5.41, 5.74) is 5.38. The molecular formula is C24H22ClN2O2S-. The van der Waals surface area contributed by atoms with Crippen molar-refractivity contribution >= 4 is 40.6 Å². The molecule has 0 aliphatic heterocycles. The van der Waals surface area contributed by atoms with Crippen molar-refractivity contribution in [2.75, 3.05) is 5.32 Å². The van der Waals surface area contributed by atoms with Gasteiger partial charge in [0.15, 0.2) is 5.11 Å². The summed E-state index contributed by atoms with van der Waals surface area (Å²) in [6, 6.07) is 20.5. The third-order valence-electron chi connectivity index (χ3n) is 4.77. The summed E-state index contributed by atoms with van der Waals surface area (Å²) in [6.45, 7) is 5.17. The van der Waals surface area contributed by atoms with Crippen LogP contribution in [0.1, 0.15) is 32.6 Å². The maximum absolute atomic E-state index is 11.0. The summed E-state index contributed by atoms with van der Waals surface area (Å²) in [7, 11) is 0. The molecule has 4 nitrogen and oxygen atoms in total. The van der Waals surface area contributed by atoms with Crippen LogP contribution in [0.25, 0.3) is 0 Å². The highest BCUT2D eigenvalue weighted by Crippen LogP contribution is 2.19. The summed E-state index contributed by atoms with van der Waals surface area (Å²) in [5.74, 6) is -1.19. The van der Waals surface area contributed by atoms with E-state index in [4.69, 9.17) is 23.8 Å². The molecule has 0 saturated carbocycles. The van der Waals surface area contributed by atoms with Crippen LogP contribution in [-0.4, -0.2) is 16.0 Å². The fourth-order valence-corrected chi connectivity index (χ4v) is 3.41. The normalized spacial score (nSPS) is 10.5. The summed E-state index contributed by atoms with van der Waals surface area (Å²) in [4.78, 5) is 13.0. The number of carbonyl (C=O) groups is 1. The van der Waals surface area contributed by atoms with Gasteiger partial charge in [-0.15, -0.1) is 0 Å². The number of rotatable bonds is 6. The lowest BCUT2D eigenvalue weighted by atomic mass is 10.1. The minimum absolute atomic E-state index is 0.152. The van der Waals surface area contributed by atoms with E-state index in [2.05, 4.69) is 23.5 Å². The van der Waals surface area contributed by atoms with Crippen LogP contribution in [0.3, 0.4) is 0 Å². The van der Waals surface area contributed by atoms with E-state index in [-0.39, 0.29) is 5.56 Å². The van der Waals surface area contributed by atoms with E-state index in [0.717, 1.165) is 27.9 Å². The van der Waals surface area contributed by atoms with Crippen molar-refractivity contribution in [1.82, 2.24) is 4.90 Å². The molecule has 6 heteroatoms. The number of halogens is 1. The topological polar surface area (TPSA) is 55.4 Å². The van der Waals surface area contributed by atoms with Gasteiger partial charge in [0.2, 0.25) is 0 Å². The number of nitrogens with one attached hydrogen (secondary N) is 1. The Morgan fingerprint density at radius 1 is 0.967 bits per heavy atom. The van der Waals surface area contributed by atoms with E-state index < -0.39 is 5.97 Å². The molecule has 0 aromatic heterocycles. The minimum Gasteiger partial charge on any atom is -0.545 e. The van der Waals surface area contributed by atoms with E-state index in [1.165, 1.54) is 0 Å². The maximum atomic E-state index is 11.0. The van der Waals surface area contributed by atoms with E-state index >= 15 is 0 Å². The first-order valence-electron chi connectivity index (χ1n) is 9.50. The van der Waals surface area contributed by atoms with E-state index in [1.54, 1.807) is 24.3 Å². The number of hydrogen-bond donors (Lipinski definition) is 1. The average Bonchev–Trinajstić information content (AvgIpc) is 2.72. The quantitative estimate of drug-likeness (QED) is 0.565. The molecule has 0 fully saturated rings. The number of carbonyl (C=O) groups excluding carboxylic acids is 1. The zero-order valence-corrected chi connectivity index (χ0v) is 18.4. The van der Waals surface area contributed by atoms with Crippen molar-refractivity contribution in [2.45, 2.75) is 26.9 Å². The first kappa shape index (κ1) is 21.8. The Morgan fingerprint density at radius 2 is 1.53 bits per heavy atom. The van der Waals surface area contributed by atoms with Crippen molar-refractivity contribution in [2.24, 2.45) is 0 Å². The molecule has 0 unspecified atom stereocenters. The SMILES string of the molecule is Cc1ccc(C)c(NC(=S)N(Cc2ccc(Cl)cc2)Cc2ccc(C(=O)[O-])cc2)c1. The second kappa shape index (κ2) is 9.74. The number of anilines is 1. The molecule has 0 aliphatic rings. The van der Waals surface area contributed by atoms with Gasteiger partial charge in [-0.3, -0.25) is 0 Å². The van der Waals surface area contributed by atoms with Crippen molar-refractivity contribution in [3.8, 4) is 0 Å². The molecule has 30 heavy (non-hydrogen) atoms. The summed E-state index contributed by atoms with van der Waals surface area (Å²) in [5, 5.41) is 15.6. The molecule has 3 aromatic carbocycles. The average molecular weight is 438 g/mol. The Labute approximate surface area is 187 Å². The predicted octanol–water partition coefficient (Wildman–Crippen LogP) is 4.72. The second-order valence-electron chi connectivity index (χ2n) is 7.22. The molecule has 0 saturated heterocycles. The Hall–Kier alpha value is -2.89. The number of aryl methyl sites for hydroxylation is 2. The van der Waals surface area contributed by atoms with Crippen molar-refractivity contribution in [3.63, 3.8) is 0 Å². The van der Waals surface area contributed by atoms with Gasteiger partial charge in [-0.2, -0.15) is 0 Å². The molecule has 0 radical (unpaired) electrons. The number of nitrogens with zero attached hydrogens (tertiary/aromatic N) is 1. The predicted molar refractivity (Wildman–Crippen MR) is 124 cm³/mol. The van der Waals surface area contributed by atoms with Gasteiger partial charge in [-0.05, 0) is 72.1 Å². The van der Waals surface area contributed by atoms with Crippen LogP contribution in [0.2, 0.25) is 5.02 Å². The molecular weight excluding hydrogens is 416 g/mol. The Morgan fingerprint density at radius 3 is 2.10 bits per heavy atom. The third-order valence-corrected chi connectivity index (χ3v) is 5.38. The van der Waals surface area contributed by atoms with Gasteiger partial charge < -0.3 is 20.1 Å². The fraction of sp³-hybridized carbons (Fsp3) is 0.167. The molecule has 0 atom stereocenters. The van der Waals surface area contributed by atoms with Gasteiger partial charge in [0.25, 0.3) is 0 Å². The van der Waals surface area contributed by atoms with Gasteiger partial charge >= 0.3 is 0 Å². The zero-order valence-electron chi connectivity index (χ0n) is 16.8. The number of carboxylic acid groups (broad SMARTS) is 1. The summed E-state index contributed by atoms with van der Waals surface area (Å²) < 4.78 is 0. The third kappa shape index (κ3) is 5.81.